The van der Waals surface area contributed by atoms with Gasteiger partial charge in [-0.05, 0) is 37.7 Å². The molecule has 84 valence electrons. The Morgan fingerprint density at radius 3 is 2.27 bits per heavy atom. The molecule has 0 aromatic heterocycles. The van der Waals surface area contributed by atoms with Crippen LogP contribution < -0.4 is 14.8 Å². The second-order valence-corrected chi connectivity index (χ2v) is 3.38. The second-order valence-electron chi connectivity index (χ2n) is 3.38. The fourth-order valence-corrected chi connectivity index (χ4v) is 1.27. The van der Waals surface area contributed by atoms with E-state index < -0.39 is 0 Å². The van der Waals surface area contributed by atoms with Gasteiger partial charge >= 0.3 is 0 Å². The third-order valence-corrected chi connectivity index (χ3v) is 2.41. The predicted octanol–water partition coefficient (Wildman–Crippen LogP) is 2.07. The van der Waals surface area contributed by atoms with E-state index >= 15 is 0 Å². The van der Waals surface area contributed by atoms with Gasteiger partial charge < -0.3 is 14.8 Å². The van der Waals surface area contributed by atoms with Crippen molar-refractivity contribution in [2.24, 2.45) is 0 Å². The molecule has 1 aromatic carbocycles. The van der Waals surface area contributed by atoms with Gasteiger partial charge in [0, 0.05) is 6.04 Å². The SMILES string of the molecule is CCC(COc1ccc(OC)cc1)NC. The highest BCUT2D eigenvalue weighted by molar-refractivity contribution is 5.31. The lowest BCUT2D eigenvalue weighted by Crippen LogP contribution is -2.30. The van der Waals surface area contributed by atoms with E-state index in [1.54, 1.807) is 7.11 Å². The van der Waals surface area contributed by atoms with Crippen molar-refractivity contribution in [2.45, 2.75) is 19.4 Å². The number of hydrogen-bond donors (Lipinski definition) is 1. The van der Waals surface area contributed by atoms with Gasteiger partial charge in [0.05, 0.1) is 7.11 Å². The number of ether oxygens (including phenoxy) is 2. The van der Waals surface area contributed by atoms with Crippen molar-refractivity contribution >= 4 is 0 Å². The van der Waals surface area contributed by atoms with Crippen LogP contribution in [0.1, 0.15) is 13.3 Å². The Morgan fingerprint density at radius 2 is 1.80 bits per heavy atom. The van der Waals surface area contributed by atoms with E-state index in [2.05, 4.69) is 12.2 Å². The summed E-state index contributed by atoms with van der Waals surface area (Å²) in [6.45, 7) is 2.83. The highest BCUT2D eigenvalue weighted by Crippen LogP contribution is 2.17. The first-order valence-electron chi connectivity index (χ1n) is 5.24. The second kappa shape index (κ2) is 6.30. The maximum Gasteiger partial charge on any atom is 0.119 e. The molecule has 15 heavy (non-hydrogen) atoms. The lowest BCUT2D eigenvalue weighted by atomic mass is 10.2. The van der Waals surface area contributed by atoms with Crippen LogP contribution in [0.2, 0.25) is 0 Å². The van der Waals surface area contributed by atoms with Gasteiger partial charge in [0.2, 0.25) is 0 Å². The summed E-state index contributed by atoms with van der Waals surface area (Å²) in [6.07, 6.45) is 1.06. The molecule has 0 bridgehead atoms. The predicted molar refractivity (Wildman–Crippen MR) is 61.6 cm³/mol. The normalized spacial score (nSPS) is 12.2. The maximum absolute atomic E-state index is 5.63. The number of nitrogens with one attached hydrogen (secondary N) is 1. The molecule has 1 rings (SSSR count). The highest BCUT2D eigenvalue weighted by Gasteiger charge is 2.03. The fraction of sp³-hybridized carbons (Fsp3) is 0.500. The van der Waals surface area contributed by atoms with Crippen molar-refractivity contribution in [2.75, 3.05) is 20.8 Å². The van der Waals surface area contributed by atoms with Gasteiger partial charge in [-0.3, -0.25) is 0 Å². The molecule has 0 heterocycles. The van der Waals surface area contributed by atoms with Gasteiger partial charge in [0.15, 0.2) is 0 Å². The summed E-state index contributed by atoms with van der Waals surface area (Å²) in [5.74, 6) is 1.73. The Bertz CT molecular complexity index is 267. The number of rotatable bonds is 6. The Morgan fingerprint density at radius 1 is 1.20 bits per heavy atom. The van der Waals surface area contributed by atoms with E-state index in [1.807, 2.05) is 31.3 Å². The summed E-state index contributed by atoms with van der Waals surface area (Å²) in [6, 6.07) is 8.04. The summed E-state index contributed by atoms with van der Waals surface area (Å²) in [5, 5.41) is 3.19. The van der Waals surface area contributed by atoms with Crippen LogP contribution in [0.25, 0.3) is 0 Å². The van der Waals surface area contributed by atoms with Gasteiger partial charge in [-0.1, -0.05) is 6.92 Å². The van der Waals surface area contributed by atoms with Gasteiger partial charge in [0.1, 0.15) is 18.1 Å². The Balaban J connectivity index is 2.43. The summed E-state index contributed by atoms with van der Waals surface area (Å²) in [5.41, 5.74) is 0. The van der Waals surface area contributed by atoms with Crippen LogP contribution in [0.5, 0.6) is 11.5 Å². The average molecular weight is 209 g/mol. The van der Waals surface area contributed by atoms with Crippen molar-refractivity contribution in [1.82, 2.24) is 5.32 Å². The van der Waals surface area contributed by atoms with Crippen molar-refractivity contribution in [3.05, 3.63) is 24.3 Å². The maximum atomic E-state index is 5.63. The molecule has 1 aromatic rings. The molecule has 0 aliphatic rings. The topological polar surface area (TPSA) is 30.5 Å². The first kappa shape index (κ1) is 11.9. The molecule has 3 nitrogen and oxygen atoms in total. The summed E-state index contributed by atoms with van der Waals surface area (Å²) in [4.78, 5) is 0. The number of benzene rings is 1. The molecule has 1 N–H and O–H groups in total. The molecule has 0 fully saturated rings. The molecule has 0 saturated carbocycles. The van der Waals surface area contributed by atoms with Gasteiger partial charge in [-0.25, -0.2) is 0 Å². The fourth-order valence-electron chi connectivity index (χ4n) is 1.27. The molecular weight excluding hydrogens is 190 g/mol. The smallest absolute Gasteiger partial charge is 0.119 e. The zero-order valence-corrected chi connectivity index (χ0v) is 9.62. The van der Waals surface area contributed by atoms with Gasteiger partial charge in [0.25, 0.3) is 0 Å². The summed E-state index contributed by atoms with van der Waals surface area (Å²) < 4.78 is 10.7. The highest BCUT2D eigenvalue weighted by atomic mass is 16.5. The van der Waals surface area contributed by atoms with E-state index in [9.17, 15) is 0 Å². The molecular formula is C12H19NO2. The lowest BCUT2D eigenvalue weighted by Gasteiger charge is -2.14. The molecule has 0 spiro atoms. The molecule has 1 atom stereocenters. The van der Waals surface area contributed by atoms with Gasteiger partial charge in [-0.15, -0.1) is 0 Å². The Hall–Kier alpha value is -1.22. The minimum absolute atomic E-state index is 0.409. The van der Waals surface area contributed by atoms with Crippen molar-refractivity contribution in [3.8, 4) is 11.5 Å². The van der Waals surface area contributed by atoms with E-state index in [4.69, 9.17) is 9.47 Å². The minimum Gasteiger partial charge on any atom is -0.497 e. The molecule has 0 radical (unpaired) electrons. The average Bonchev–Trinajstić information content (AvgIpc) is 2.31. The largest absolute Gasteiger partial charge is 0.497 e. The zero-order chi connectivity index (χ0) is 11.1. The first-order valence-corrected chi connectivity index (χ1v) is 5.24. The van der Waals surface area contributed by atoms with Crippen LogP contribution in [-0.4, -0.2) is 26.8 Å². The molecule has 3 heteroatoms. The van der Waals surface area contributed by atoms with E-state index in [1.165, 1.54) is 0 Å². The third-order valence-electron chi connectivity index (χ3n) is 2.41. The molecule has 0 amide bonds. The summed E-state index contributed by atoms with van der Waals surface area (Å²) >= 11 is 0. The van der Waals surface area contributed by atoms with Crippen LogP contribution in [0.3, 0.4) is 0 Å². The number of methoxy groups -OCH3 is 1. The molecule has 0 aliphatic carbocycles. The van der Waals surface area contributed by atoms with Crippen LogP contribution in [0.4, 0.5) is 0 Å². The monoisotopic (exact) mass is 209 g/mol. The van der Waals surface area contributed by atoms with Crippen LogP contribution in [-0.2, 0) is 0 Å². The van der Waals surface area contributed by atoms with Crippen molar-refractivity contribution in [1.29, 1.82) is 0 Å². The Labute approximate surface area is 91.4 Å². The van der Waals surface area contributed by atoms with E-state index in [0.717, 1.165) is 17.9 Å². The van der Waals surface area contributed by atoms with E-state index in [-0.39, 0.29) is 0 Å². The zero-order valence-electron chi connectivity index (χ0n) is 9.62. The lowest BCUT2D eigenvalue weighted by molar-refractivity contribution is 0.267. The standard InChI is InChI=1S/C12H19NO2/c1-4-10(13-2)9-15-12-7-5-11(14-3)6-8-12/h5-8,10,13H,4,9H2,1-3H3. The first-order chi connectivity index (χ1) is 7.30. The molecule has 0 aliphatic heterocycles. The van der Waals surface area contributed by atoms with Crippen LogP contribution in [0.15, 0.2) is 24.3 Å². The van der Waals surface area contributed by atoms with Crippen molar-refractivity contribution in [3.63, 3.8) is 0 Å². The van der Waals surface area contributed by atoms with E-state index in [0.29, 0.717) is 12.6 Å². The van der Waals surface area contributed by atoms with Crippen LogP contribution in [0, 0.1) is 0 Å². The molecule has 1 unspecified atom stereocenters. The summed E-state index contributed by atoms with van der Waals surface area (Å²) in [7, 11) is 3.61. The van der Waals surface area contributed by atoms with Gasteiger partial charge in [-0.2, -0.15) is 0 Å². The minimum atomic E-state index is 0.409. The number of likely N-dealkylation sites (N-methyl/N-ethyl adjacent to an activating group) is 1. The Kier molecular flexibility index (Phi) is 4.98. The quantitative estimate of drug-likeness (QED) is 0.778. The third kappa shape index (κ3) is 3.80. The number of hydrogen-bond acceptors (Lipinski definition) is 3. The van der Waals surface area contributed by atoms with Crippen LogP contribution >= 0.6 is 0 Å². The van der Waals surface area contributed by atoms with Crippen molar-refractivity contribution < 1.29 is 9.47 Å². The molecule has 0 saturated heterocycles.